The second-order valence-electron chi connectivity index (χ2n) is 14.0. The van der Waals surface area contributed by atoms with Crippen molar-refractivity contribution in [3.8, 4) is 0 Å². The highest BCUT2D eigenvalue weighted by atomic mass is 28.4. The first-order valence-electron chi connectivity index (χ1n) is 14.2. The molecule has 1 aromatic carbocycles. The van der Waals surface area contributed by atoms with Crippen LogP contribution < -0.4 is 0 Å². The molecule has 0 saturated carbocycles. The largest absolute Gasteiger partial charge is 0.414 e. The average molecular weight is 577 g/mol. The maximum Gasteiger partial charge on any atom is 0.255 e. The van der Waals surface area contributed by atoms with Crippen LogP contribution in [0.4, 0.5) is 0 Å². The van der Waals surface area contributed by atoms with Gasteiger partial charge in [0.25, 0.3) is 5.91 Å². The van der Waals surface area contributed by atoms with E-state index in [-0.39, 0.29) is 40.3 Å². The molecule has 0 aliphatic carbocycles. The normalized spacial score (nSPS) is 24.9. The molecular formula is C30H52N2O5Si2. The Hall–Kier alpha value is -1.50. The van der Waals surface area contributed by atoms with Gasteiger partial charge in [0, 0.05) is 25.4 Å². The van der Waals surface area contributed by atoms with Crippen LogP contribution in [0.1, 0.15) is 51.9 Å². The zero-order valence-electron chi connectivity index (χ0n) is 26.1. The molecular weight excluding hydrogens is 525 g/mol. The Kier molecular flexibility index (Phi) is 9.99. The van der Waals surface area contributed by atoms with Gasteiger partial charge in [0.15, 0.2) is 16.6 Å². The highest BCUT2D eigenvalue weighted by Gasteiger charge is 2.52. The lowest BCUT2D eigenvalue weighted by Gasteiger charge is -2.42. The average Bonchev–Trinajstić information content (AvgIpc) is 3.18. The van der Waals surface area contributed by atoms with Crippen molar-refractivity contribution in [2.24, 2.45) is 5.92 Å². The molecule has 2 aliphatic rings. The SMILES string of the molecule is COC[C@@H]1[C@H](O[Si](C)(C)C(C)(C)C)[C@@H](CO[Si](C)(C)C(C)(C)C)O[C@H]1N1C=CCN(C(=O)c2ccccc2)C1. The Morgan fingerprint density at radius 3 is 2.15 bits per heavy atom. The van der Waals surface area contributed by atoms with Gasteiger partial charge in [-0.3, -0.25) is 4.79 Å². The van der Waals surface area contributed by atoms with Gasteiger partial charge in [-0.25, -0.2) is 0 Å². The van der Waals surface area contributed by atoms with Crippen LogP contribution in [0.25, 0.3) is 0 Å². The number of carbonyl (C=O) groups is 1. The van der Waals surface area contributed by atoms with E-state index in [1.165, 1.54) is 0 Å². The monoisotopic (exact) mass is 576 g/mol. The molecule has 2 aliphatic heterocycles. The van der Waals surface area contributed by atoms with E-state index < -0.39 is 16.6 Å². The smallest absolute Gasteiger partial charge is 0.255 e. The third-order valence-corrected chi connectivity index (χ3v) is 18.0. The van der Waals surface area contributed by atoms with E-state index in [0.29, 0.717) is 32.0 Å². The number of hydrogen-bond acceptors (Lipinski definition) is 6. The maximum absolute atomic E-state index is 13.3. The van der Waals surface area contributed by atoms with Crippen molar-refractivity contribution in [1.29, 1.82) is 0 Å². The summed E-state index contributed by atoms with van der Waals surface area (Å²) in [5, 5.41) is 0.151. The predicted molar refractivity (Wildman–Crippen MR) is 163 cm³/mol. The first-order valence-corrected chi connectivity index (χ1v) is 20.0. The van der Waals surface area contributed by atoms with Gasteiger partial charge in [0.1, 0.15) is 12.3 Å². The Bertz CT molecular complexity index is 987. The Morgan fingerprint density at radius 2 is 1.59 bits per heavy atom. The van der Waals surface area contributed by atoms with Crippen LogP contribution in [-0.2, 0) is 18.3 Å². The third-order valence-electron chi connectivity index (χ3n) is 9.07. The van der Waals surface area contributed by atoms with Gasteiger partial charge in [0.05, 0.1) is 31.9 Å². The fourth-order valence-corrected chi connectivity index (χ4v) is 6.87. The van der Waals surface area contributed by atoms with Crippen molar-refractivity contribution >= 4 is 22.5 Å². The van der Waals surface area contributed by atoms with E-state index in [9.17, 15) is 4.79 Å². The molecule has 1 aromatic rings. The molecule has 0 spiro atoms. The summed E-state index contributed by atoms with van der Waals surface area (Å²) in [5.74, 6) is -0.0216. The number of hydrogen-bond donors (Lipinski definition) is 0. The van der Waals surface area contributed by atoms with Crippen molar-refractivity contribution in [2.45, 2.75) is 96.2 Å². The number of carbonyl (C=O) groups excluding carboxylic acids is 1. The van der Waals surface area contributed by atoms with Crippen LogP contribution in [0, 0.1) is 5.92 Å². The molecule has 220 valence electrons. The van der Waals surface area contributed by atoms with Crippen molar-refractivity contribution in [2.75, 3.05) is 33.5 Å². The molecule has 39 heavy (non-hydrogen) atoms. The highest BCUT2D eigenvalue weighted by molar-refractivity contribution is 6.74. The highest BCUT2D eigenvalue weighted by Crippen LogP contribution is 2.43. The first kappa shape index (κ1) is 32.0. The lowest BCUT2D eigenvalue weighted by molar-refractivity contribution is -0.0830. The predicted octanol–water partition coefficient (Wildman–Crippen LogP) is 6.32. The molecule has 0 radical (unpaired) electrons. The summed E-state index contributed by atoms with van der Waals surface area (Å²) < 4.78 is 26.4. The van der Waals surface area contributed by atoms with Crippen molar-refractivity contribution in [3.63, 3.8) is 0 Å². The van der Waals surface area contributed by atoms with Crippen LogP contribution >= 0.6 is 0 Å². The molecule has 9 heteroatoms. The van der Waals surface area contributed by atoms with E-state index in [0.717, 1.165) is 0 Å². The molecule has 1 fully saturated rings. The quantitative estimate of drug-likeness (QED) is 0.321. The van der Waals surface area contributed by atoms with Gasteiger partial charge in [0.2, 0.25) is 0 Å². The van der Waals surface area contributed by atoms with Gasteiger partial charge < -0.3 is 28.1 Å². The van der Waals surface area contributed by atoms with Crippen molar-refractivity contribution in [3.05, 3.63) is 48.2 Å². The third kappa shape index (κ3) is 7.43. The summed E-state index contributed by atoms with van der Waals surface area (Å²) in [6.07, 6.45) is 3.39. The summed E-state index contributed by atoms with van der Waals surface area (Å²) in [7, 11) is -2.39. The van der Waals surface area contributed by atoms with E-state index in [4.69, 9.17) is 18.3 Å². The summed E-state index contributed by atoms with van der Waals surface area (Å²) in [6, 6.07) is 9.45. The number of ether oxygens (including phenoxy) is 2. The number of methoxy groups -OCH3 is 1. The molecule has 7 nitrogen and oxygen atoms in total. The number of nitrogens with zero attached hydrogens (tertiary/aromatic N) is 2. The molecule has 4 atom stereocenters. The summed E-state index contributed by atoms with van der Waals surface area (Å²) in [6.45, 7) is 24.7. The second-order valence-corrected chi connectivity index (χ2v) is 23.6. The van der Waals surface area contributed by atoms with E-state index in [1.54, 1.807) is 7.11 Å². The minimum absolute atomic E-state index is 0.0121. The van der Waals surface area contributed by atoms with Crippen molar-refractivity contribution < 1.29 is 23.1 Å². The first-order chi connectivity index (χ1) is 18.0. The van der Waals surface area contributed by atoms with Crippen LogP contribution in [0.15, 0.2) is 42.6 Å². The van der Waals surface area contributed by atoms with Crippen LogP contribution in [-0.4, -0.2) is 84.3 Å². The molecule has 0 aromatic heterocycles. The summed E-state index contributed by atoms with van der Waals surface area (Å²) in [5.41, 5.74) is 0.688. The fraction of sp³-hybridized carbons (Fsp3) is 0.700. The van der Waals surface area contributed by atoms with Crippen LogP contribution in [0.3, 0.4) is 0 Å². The molecule has 3 rings (SSSR count). The molecule has 0 unspecified atom stereocenters. The molecule has 2 heterocycles. The topological polar surface area (TPSA) is 60.5 Å². The number of amides is 1. The van der Waals surface area contributed by atoms with Gasteiger partial charge in [-0.15, -0.1) is 0 Å². The fourth-order valence-electron chi connectivity index (χ4n) is 4.50. The van der Waals surface area contributed by atoms with Gasteiger partial charge in [-0.2, -0.15) is 0 Å². The van der Waals surface area contributed by atoms with E-state index in [2.05, 4.69) is 78.8 Å². The minimum Gasteiger partial charge on any atom is -0.414 e. The Balaban J connectivity index is 1.89. The van der Waals surface area contributed by atoms with Crippen molar-refractivity contribution in [1.82, 2.24) is 9.80 Å². The summed E-state index contributed by atoms with van der Waals surface area (Å²) >= 11 is 0. The lowest BCUT2D eigenvalue weighted by atomic mass is 10.00. The molecule has 0 bridgehead atoms. The number of benzene rings is 1. The minimum atomic E-state index is -2.13. The zero-order chi connectivity index (χ0) is 29.2. The maximum atomic E-state index is 13.3. The molecule has 0 N–H and O–H groups in total. The van der Waals surface area contributed by atoms with Gasteiger partial charge in [-0.1, -0.05) is 59.7 Å². The molecule has 1 saturated heterocycles. The standard InChI is InChI=1S/C30H52N2O5Si2/c1-29(2,3)38(8,9)35-21-25-26(37-39(10,11)30(4,5)6)24(20-34-7)28(36-25)32-19-15-18-31(22-32)27(33)23-16-13-12-14-17-23/h12-17,19,24-26,28H,18,20-22H2,1-11H3/t24-,25-,26+,28-/m1/s1. The van der Waals surface area contributed by atoms with E-state index in [1.807, 2.05) is 41.3 Å². The van der Waals surface area contributed by atoms with Crippen LogP contribution in [0.5, 0.6) is 0 Å². The van der Waals surface area contributed by atoms with Gasteiger partial charge >= 0.3 is 0 Å². The van der Waals surface area contributed by atoms with Crippen LogP contribution in [0.2, 0.25) is 36.3 Å². The zero-order valence-corrected chi connectivity index (χ0v) is 28.1. The lowest BCUT2D eigenvalue weighted by Crippen LogP contribution is -2.52. The van der Waals surface area contributed by atoms with Gasteiger partial charge in [-0.05, 0) is 54.5 Å². The Morgan fingerprint density at radius 1 is 0.974 bits per heavy atom. The van der Waals surface area contributed by atoms with E-state index >= 15 is 0 Å². The summed E-state index contributed by atoms with van der Waals surface area (Å²) in [4.78, 5) is 17.2. The second kappa shape index (κ2) is 12.2. The Labute approximate surface area is 239 Å². The number of rotatable bonds is 9. The molecule has 1 amide bonds.